The van der Waals surface area contributed by atoms with Crippen LogP contribution in [0.5, 0.6) is 0 Å². The first-order chi connectivity index (χ1) is 14.4. The number of anilines is 2. The van der Waals surface area contributed by atoms with Crippen LogP contribution in [0, 0.1) is 0 Å². The van der Waals surface area contributed by atoms with Crippen molar-refractivity contribution >= 4 is 48.9 Å². The molecule has 0 bridgehead atoms. The molecule has 7 nitrogen and oxygen atoms in total. The topological polar surface area (TPSA) is 88.5 Å². The van der Waals surface area contributed by atoms with Crippen LogP contribution in [0.4, 0.5) is 11.4 Å². The molecule has 0 fully saturated rings. The molecule has 2 aromatic carbocycles. The molecule has 0 saturated carbocycles. The molecule has 0 aliphatic rings. The molecule has 0 radical (unpaired) electrons. The van der Waals surface area contributed by atoms with Gasteiger partial charge in [0.15, 0.2) is 0 Å². The Labute approximate surface area is 186 Å². The van der Waals surface area contributed by atoms with Crippen molar-refractivity contribution in [3.05, 3.63) is 57.7 Å². The lowest BCUT2D eigenvalue weighted by atomic mass is 9.87. The molecule has 0 unspecified atom stereocenters. The largest absolute Gasteiger partial charge is 0.324 e. The van der Waals surface area contributed by atoms with Gasteiger partial charge in [0, 0.05) is 12.2 Å². The minimum atomic E-state index is -3.66. The zero-order chi connectivity index (χ0) is 23.0. The standard InChI is InChI=1S/C22H27N3O4S2/c1-6-24-18-12-9-16(13-19(18)30-21(24)27)23-20(26)14-25(31(5,28)29)17-10-7-15(8-11-17)22(2,3)4/h7-13H,6,14H2,1-5H3,(H,23,26). The number of hydrogen-bond donors (Lipinski definition) is 1. The van der Waals surface area contributed by atoms with Crippen molar-refractivity contribution in [2.45, 2.75) is 39.7 Å². The minimum absolute atomic E-state index is 0.0528. The lowest BCUT2D eigenvalue weighted by Gasteiger charge is -2.24. The zero-order valence-electron chi connectivity index (χ0n) is 18.3. The summed E-state index contributed by atoms with van der Waals surface area (Å²) in [5.41, 5.74) is 2.76. The Morgan fingerprint density at radius 2 is 1.77 bits per heavy atom. The van der Waals surface area contributed by atoms with Gasteiger partial charge in [-0.15, -0.1) is 0 Å². The van der Waals surface area contributed by atoms with Crippen molar-refractivity contribution in [3.8, 4) is 0 Å². The molecule has 0 spiro atoms. The van der Waals surface area contributed by atoms with Gasteiger partial charge in [0.2, 0.25) is 15.9 Å². The van der Waals surface area contributed by atoms with Crippen LogP contribution >= 0.6 is 11.3 Å². The molecule has 0 aliphatic carbocycles. The normalized spacial score (nSPS) is 12.2. The highest BCUT2D eigenvalue weighted by Gasteiger charge is 2.22. The van der Waals surface area contributed by atoms with Gasteiger partial charge in [-0.1, -0.05) is 44.2 Å². The number of fused-ring (bicyclic) bond motifs is 1. The molecule has 3 aromatic rings. The molecule has 0 saturated heterocycles. The number of sulfonamides is 1. The molecule has 0 aliphatic heterocycles. The van der Waals surface area contributed by atoms with E-state index in [1.54, 1.807) is 34.9 Å². The molecule has 166 valence electrons. The molecule has 1 aromatic heterocycles. The van der Waals surface area contributed by atoms with Crippen molar-refractivity contribution < 1.29 is 13.2 Å². The van der Waals surface area contributed by atoms with E-state index < -0.39 is 15.9 Å². The molecule has 0 atom stereocenters. The Morgan fingerprint density at radius 1 is 1.13 bits per heavy atom. The van der Waals surface area contributed by atoms with E-state index in [0.29, 0.717) is 17.9 Å². The van der Waals surface area contributed by atoms with E-state index in [4.69, 9.17) is 0 Å². The highest BCUT2D eigenvalue weighted by Crippen LogP contribution is 2.26. The van der Waals surface area contributed by atoms with Crippen LogP contribution in [0.2, 0.25) is 0 Å². The Kier molecular flexibility index (Phi) is 6.29. The number of aryl methyl sites for hydroxylation is 1. The highest BCUT2D eigenvalue weighted by molar-refractivity contribution is 7.92. The summed E-state index contributed by atoms with van der Waals surface area (Å²) in [5, 5.41) is 2.74. The van der Waals surface area contributed by atoms with Gasteiger partial charge in [-0.3, -0.25) is 18.5 Å². The highest BCUT2D eigenvalue weighted by atomic mass is 32.2. The van der Waals surface area contributed by atoms with Gasteiger partial charge >= 0.3 is 4.87 Å². The van der Waals surface area contributed by atoms with E-state index in [-0.39, 0.29) is 16.8 Å². The molecule has 1 N–H and O–H groups in total. The van der Waals surface area contributed by atoms with E-state index in [2.05, 4.69) is 26.1 Å². The number of carbonyl (C=O) groups is 1. The van der Waals surface area contributed by atoms with Crippen molar-refractivity contribution in [3.63, 3.8) is 0 Å². The summed E-state index contributed by atoms with van der Waals surface area (Å²) in [5.74, 6) is -0.466. The van der Waals surface area contributed by atoms with Gasteiger partial charge < -0.3 is 5.32 Å². The second kappa shape index (κ2) is 8.47. The number of rotatable bonds is 6. The van der Waals surface area contributed by atoms with Gasteiger partial charge in [-0.25, -0.2) is 8.42 Å². The van der Waals surface area contributed by atoms with Crippen molar-refractivity contribution in [2.24, 2.45) is 0 Å². The SMILES string of the molecule is CCn1c(=O)sc2cc(NC(=O)CN(c3ccc(C(C)(C)C)cc3)S(C)(=O)=O)ccc21. The van der Waals surface area contributed by atoms with Crippen LogP contribution in [0.1, 0.15) is 33.3 Å². The number of benzene rings is 2. The van der Waals surface area contributed by atoms with Gasteiger partial charge in [0.1, 0.15) is 6.54 Å². The van der Waals surface area contributed by atoms with Crippen molar-refractivity contribution in [1.82, 2.24) is 4.57 Å². The maximum Gasteiger partial charge on any atom is 0.308 e. The maximum absolute atomic E-state index is 12.7. The average molecular weight is 462 g/mol. The fourth-order valence-corrected chi connectivity index (χ4v) is 5.15. The van der Waals surface area contributed by atoms with E-state index >= 15 is 0 Å². The first-order valence-electron chi connectivity index (χ1n) is 9.91. The maximum atomic E-state index is 12.7. The summed E-state index contributed by atoms with van der Waals surface area (Å²) < 4.78 is 28.2. The zero-order valence-corrected chi connectivity index (χ0v) is 19.9. The van der Waals surface area contributed by atoms with Crippen LogP contribution in [-0.2, 0) is 26.8 Å². The fraction of sp³-hybridized carbons (Fsp3) is 0.364. The minimum Gasteiger partial charge on any atom is -0.324 e. The monoisotopic (exact) mass is 461 g/mol. The smallest absolute Gasteiger partial charge is 0.308 e. The number of nitrogens with zero attached hydrogens (tertiary/aromatic N) is 2. The molecule has 1 heterocycles. The molecule has 9 heteroatoms. The van der Waals surface area contributed by atoms with Gasteiger partial charge in [0.25, 0.3) is 0 Å². The van der Waals surface area contributed by atoms with E-state index in [9.17, 15) is 18.0 Å². The van der Waals surface area contributed by atoms with Gasteiger partial charge in [-0.2, -0.15) is 0 Å². The number of nitrogens with one attached hydrogen (secondary N) is 1. The van der Waals surface area contributed by atoms with Crippen LogP contribution in [0.25, 0.3) is 10.2 Å². The number of thiazole rings is 1. The molecule has 31 heavy (non-hydrogen) atoms. The summed E-state index contributed by atoms with van der Waals surface area (Å²) in [4.78, 5) is 24.6. The number of hydrogen-bond acceptors (Lipinski definition) is 5. The lowest BCUT2D eigenvalue weighted by Crippen LogP contribution is -2.37. The van der Waals surface area contributed by atoms with Crippen molar-refractivity contribution in [2.75, 3.05) is 22.4 Å². The van der Waals surface area contributed by atoms with Crippen LogP contribution < -0.4 is 14.5 Å². The number of amides is 1. The molecular formula is C22H27N3O4S2. The second-order valence-corrected chi connectivity index (χ2v) is 11.3. The lowest BCUT2D eigenvalue weighted by molar-refractivity contribution is -0.114. The Morgan fingerprint density at radius 3 is 2.32 bits per heavy atom. The summed E-state index contributed by atoms with van der Waals surface area (Å²) >= 11 is 1.11. The summed E-state index contributed by atoms with van der Waals surface area (Å²) in [6.07, 6.45) is 1.08. The Bertz CT molecular complexity index is 1270. The quantitative estimate of drug-likeness (QED) is 0.605. The fourth-order valence-electron chi connectivity index (χ4n) is 3.30. The van der Waals surface area contributed by atoms with E-state index in [0.717, 1.165) is 37.7 Å². The van der Waals surface area contributed by atoms with Crippen LogP contribution in [0.15, 0.2) is 47.3 Å². The summed E-state index contributed by atoms with van der Waals surface area (Å²) in [6.45, 7) is 8.35. The molecule has 3 rings (SSSR count). The van der Waals surface area contributed by atoms with Gasteiger partial charge in [-0.05, 0) is 48.2 Å². The van der Waals surface area contributed by atoms with Crippen LogP contribution in [-0.4, -0.2) is 31.7 Å². The Balaban J connectivity index is 1.82. The third-order valence-electron chi connectivity index (χ3n) is 4.98. The summed E-state index contributed by atoms with van der Waals surface area (Å²) in [7, 11) is -3.66. The van der Waals surface area contributed by atoms with Crippen molar-refractivity contribution in [1.29, 1.82) is 0 Å². The first-order valence-corrected chi connectivity index (χ1v) is 12.6. The third-order valence-corrected chi connectivity index (χ3v) is 7.06. The van der Waals surface area contributed by atoms with E-state index in [1.165, 1.54) is 0 Å². The van der Waals surface area contributed by atoms with E-state index in [1.807, 2.05) is 19.1 Å². The predicted molar refractivity (Wildman–Crippen MR) is 128 cm³/mol. The average Bonchev–Trinajstić information content (AvgIpc) is 2.98. The Hall–Kier alpha value is -2.65. The van der Waals surface area contributed by atoms with Gasteiger partial charge in [0.05, 0.1) is 22.2 Å². The molecule has 1 amide bonds. The molecular weight excluding hydrogens is 434 g/mol. The number of carbonyl (C=O) groups excluding carboxylic acids is 1. The van der Waals surface area contributed by atoms with Crippen LogP contribution in [0.3, 0.4) is 0 Å². The second-order valence-electron chi connectivity index (χ2n) is 8.41. The number of aromatic nitrogens is 1. The predicted octanol–water partition coefficient (Wildman–Crippen LogP) is 3.79. The first kappa shape index (κ1) is 23.0. The summed E-state index contributed by atoms with van der Waals surface area (Å²) in [6, 6.07) is 12.4. The third kappa shape index (κ3) is 5.16.